The monoisotopic (exact) mass is 292 g/mol. The zero-order valence-corrected chi connectivity index (χ0v) is 13.3. The van der Waals surface area contributed by atoms with Crippen LogP contribution >= 0.6 is 0 Å². The second-order valence-electron chi connectivity index (χ2n) is 7.09. The highest BCUT2D eigenvalue weighted by atomic mass is 16.5. The van der Waals surface area contributed by atoms with Crippen LogP contribution in [0.25, 0.3) is 0 Å². The molecule has 2 atom stereocenters. The van der Waals surface area contributed by atoms with E-state index in [1.54, 1.807) is 0 Å². The first kappa shape index (κ1) is 14.0. The SMILES string of the molecule is C[C@@]12CCC[C@]1(C(c1ccccc1)c1ccccc1)CCO2. The van der Waals surface area contributed by atoms with Crippen LogP contribution in [0.15, 0.2) is 60.7 Å². The van der Waals surface area contributed by atoms with Gasteiger partial charge in [-0.25, -0.2) is 0 Å². The van der Waals surface area contributed by atoms with E-state index in [-0.39, 0.29) is 11.0 Å². The van der Waals surface area contributed by atoms with Gasteiger partial charge in [0.05, 0.1) is 5.60 Å². The molecule has 1 aliphatic heterocycles. The van der Waals surface area contributed by atoms with E-state index in [2.05, 4.69) is 67.6 Å². The standard InChI is InChI=1S/C21H24O/c1-20-13-8-14-21(20,15-16-22-20)19(17-9-4-2-5-10-17)18-11-6-3-7-12-18/h2-7,9-12,19H,8,13-16H2,1H3/t20-,21-/m1/s1. The van der Waals surface area contributed by atoms with Gasteiger partial charge in [0.1, 0.15) is 0 Å². The number of benzene rings is 2. The van der Waals surface area contributed by atoms with E-state index in [1.165, 1.54) is 36.8 Å². The first-order valence-electron chi connectivity index (χ1n) is 8.49. The minimum absolute atomic E-state index is 0.0311. The molecule has 114 valence electrons. The number of hydrogen-bond donors (Lipinski definition) is 0. The van der Waals surface area contributed by atoms with Crippen molar-refractivity contribution in [3.05, 3.63) is 71.8 Å². The highest BCUT2D eigenvalue weighted by Gasteiger charge is 2.60. The first-order valence-corrected chi connectivity index (χ1v) is 8.49. The molecule has 0 radical (unpaired) electrons. The van der Waals surface area contributed by atoms with E-state index in [1.807, 2.05) is 0 Å². The topological polar surface area (TPSA) is 9.23 Å². The Bertz CT molecular complexity index is 582. The summed E-state index contributed by atoms with van der Waals surface area (Å²) in [6.07, 6.45) is 4.94. The minimum Gasteiger partial charge on any atom is -0.375 e. The Hall–Kier alpha value is -1.60. The molecule has 2 aromatic carbocycles. The van der Waals surface area contributed by atoms with Crippen molar-refractivity contribution in [1.82, 2.24) is 0 Å². The third kappa shape index (κ3) is 1.95. The quantitative estimate of drug-likeness (QED) is 0.758. The average molecular weight is 292 g/mol. The molecule has 0 spiro atoms. The van der Waals surface area contributed by atoms with Gasteiger partial charge >= 0.3 is 0 Å². The maximum absolute atomic E-state index is 6.29. The van der Waals surface area contributed by atoms with Gasteiger partial charge in [-0.15, -0.1) is 0 Å². The van der Waals surface area contributed by atoms with Gasteiger partial charge in [-0.1, -0.05) is 60.7 Å². The lowest BCUT2D eigenvalue weighted by Gasteiger charge is -2.43. The van der Waals surface area contributed by atoms with E-state index in [9.17, 15) is 0 Å². The molecule has 1 saturated heterocycles. The minimum atomic E-state index is 0.0311. The summed E-state index contributed by atoms with van der Waals surface area (Å²) in [6.45, 7) is 3.26. The maximum atomic E-state index is 6.29. The molecular weight excluding hydrogens is 268 g/mol. The molecule has 2 fully saturated rings. The maximum Gasteiger partial charge on any atom is 0.0720 e. The fourth-order valence-corrected chi connectivity index (χ4v) is 5.03. The number of hydrogen-bond acceptors (Lipinski definition) is 1. The molecule has 1 saturated carbocycles. The number of fused-ring (bicyclic) bond motifs is 1. The van der Waals surface area contributed by atoms with E-state index < -0.39 is 0 Å². The summed E-state index contributed by atoms with van der Waals surface area (Å²) in [5.41, 5.74) is 3.15. The Morgan fingerprint density at radius 1 is 0.818 bits per heavy atom. The van der Waals surface area contributed by atoms with Gasteiger partial charge in [-0.2, -0.15) is 0 Å². The molecule has 22 heavy (non-hydrogen) atoms. The molecule has 0 bridgehead atoms. The highest BCUT2D eigenvalue weighted by molar-refractivity contribution is 5.38. The summed E-state index contributed by atoms with van der Waals surface area (Å²) in [5.74, 6) is 0.435. The van der Waals surface area contributed by atoms with Crippen LogP contribution in [-0.2, 0) is 4.74 Å². The molecule has 0 N–H and O–H groups in total. The van der Waals surface area contributed by atoms with Gasteiger partial charge in [0.25, 0.3) is 0 Å². The van der Waals surface area contributed by atoms with Crippen molar-refractivity contribution in [3.63, 3.8) is 0 Å². The summed E-state index contributed by atoms with van der Waals surface area (Å²) < 4.78 is 6.29. The molecule has 0 unspecified atom stereocenters. The van der Waals surface area contributed by atoms with Gasteiger partial charge in [-0.05, 0) is 43.7 Å². The zero-order valence-electron chi connectivity index (χ0n) is 13.3. The predicted molar refractivity (Wildman–Crippen MR) is 90.0 cm³/mol. The third-order valence-corrected chi connectivity index (χ3v) is 6.12. The van der Waals surface area contributed by atoms with E-state index >= 15 is 0 Å². The van der Waals surface area contributed by atoms with Gasteiger partial charge < -0.3 is 4.74 Å². The fourth-order valence-electron chi connectivity index (χ4n) is 5.03. The molecule has 0 amide bonds. The van der Waals surface area contributed by atoms with Crippen LogP contribution in [0.4, 0.5) is 0 Å². The summed E-state index contributed by atoms with van der Waals surface area (Å²) in [5, 5.41) is 0. The Balaban J connectivity index is 1.88. The van der Waals surface area contributed by atoms with Crippen LogP contribution in [0.2, 0.25) is 0 Å². The average Bonchev–Trinajstić information content (AvgIpc) is 3.03. The Labute approximate surface area is 133 Å². The Morgan fingerprint density at radius 3 is 2.00 bits per heavy atom. The largest absolute Gasteiger partial charge is 0.375 e. The van der Waals surface area contributed by atoms with Gasteiger partial charge in [0.15, 0.2) is 0 Å². The van der Waals surface area contributed by atoms with Crippen LogP contribution in [0.1, 0.15) is 49.7 Å². The molecular formula is C21H24O. The van der Waals surface area contributed by atoms with Crippen molar-refractivity contribution in [2.75, 3.05) is 6.61 Å². The molecule has 1 nitrogen and oxygen atoms in total. The molecule has 1 heteroatoms. The van der Waals surface area contributed by atoms with Crippen molar-refractivity contribution in [2.24, 2.45) is 5.41 Å². The predicted octanol–water partition coefficient (Wildman–Crippen LogP) is 5.17. The van der Waals surface area contributed by atoms with Crippen LogP contribution < -0.4 is 0 Å². The lowest BCUT2D eigenvalue weighted by Crippen LogP contribution is -2.42. The highest BCUT2D eigenvalue weighted by Crippen LogP contribution is 2.63. The fraction of sp³-hybridized carbons (Fsp3) is 0.429. The Morgan fingerprint density at radius 2 is 1.41 bits per heavy atom. The molecule has 2 aliphatic rings. The molecule has 1 heterocycles. The van der Waals surface area contributed by atoms with Crippen LogP contribution in [-0.4, -0.2) is 12.2 Å². The van der Waals surface area contributed by atoms with E-state index in [4.69, 9.17) is 4.74 Å². The van der Waals surface area contributed by atoms with Crippen molar-refractivity contribution < 1.29 is 4.74 Å². The first-order chi connectivity index (χ1) is 10.8. The normalized spacial score (nSPS) is 30.6. The van der Waals surface area contributed by atoms with E-state index in [0.29, 0.717) is 5.92 Å². The summed E-state index contributed by atoms with van der Waals surface area (Å²) in [7, 11) is 0. The van der Waals surface area contributed by atoms with Crippen molar-refractivity contribution in [3.8, 4) is 0 Å². The number of rotatable bonds is 3. The Kier molecular flexibility index (Phi) is 3.34. The second kappa shape index (κ2) is 5.24. The van der Waals surface area contributed by atoms with Crippen molar-refractivity contribution in [2.45, 2.75) is 44.1 Å². The summed E-state index contributed by atoms with van der Waals surface area (Å²) in [4.78, 5) is 0. The van der Waals surface area contributed by atoms with Crippen LogP contribution in [0.5, 0.6) is 0 Å². The zero-order chi connectivity index (χ0) is 15.0. The molecule has 1 aliphatic carbocycles. The lowest BCUT2D eigenvalue weighted by molar-refractivity contribution is -0.0342. The number of ether oxygens (including phenoxy) is 1. The molecule has 0 aromatic heterocycles. The molecule has 2 aromatic rings. The van der Waals surface area contributed by atoms with Crippen molar-refractivity contribution in [1.29, 1.82) is 0 Å². The summed E-state index contributed by atoms with van der Waals surface area (Å²) in [6, 6.07) is 22.1. The van der Waals surface area contributed by atoms with Gasteiger partial charge in [0.2, 0.25) is 0 Å². The van der Waals surface area contributed by atoms with Crippen LogP contribution in [0, 0.1) is 5.41 Å². The second-order valence-corrected chi connectivity index (χ2v) is 7.09. The van der Waals surface area contributed by atoms with Gasteiger partial charge in [0, 0.05) is 17.9 Å². The van der Waals surface area contributed by atoms with Crippen LogP contribution in [0.3, 0.4) is 0 Å². The van der Waals surface area contributed by atoms with Crippen molar-refractivity contribution >= 4 is 0 Å². The van der Waals surface area contributed by atoms with E-state index in [0.717, 1.165) is 6.61 Å². The summed E-state index contributed by atoms with van der Waals surface area (Å²) >= 11 is 0. The third-order valence-electron chi connectivity index (χ3n) is 6.12. The van der Waals surface area contributed by atoms with Gasteiger partial charge in [-0.3, -0.25) is 0 Å². The lowest BCUT2D eigenvalue weighted by atomic mass is 9.61. The smallest absolute Gasteiger partial charge is 0.0720 e. The molecule has 4 rings (SSSR count).